The second-order valence-corrected chi connectivity index (χ2v) is 8.28. The number of nitro benzene ring substituents is 1. The number of non-ortho nitro benzene ring substituents is 1. The van der Waals surface area contributed by atoms with Gasteiger partial charge in [-0.25, -0.2) is 0 Å². The van der Waals surface area contributed by atoms with Crippen LogP contribution in [0.5, 0.6) is 0 Å². The number of nitrogens with zero attached hydrogens (tertiary/aromatic N) is 4. The van der Waals surface area contributed by atoms with Gasteiger partial charge in [0.1, 0.15) is 6.54 Å². The molecule has 1 heterocycles. The molecule has 0 bridgehead atoms. The van der Waals surface area contributed by atoms with E-state index in [0.717, 1.165) is 5.69 Å². The summed E-state index contributed by atoms with van der Waals surface area (Å²) >= 11 is 0. The zero-order valence-electron chi connectivity index (χ0n) is 18.9. The molecule has 0 N–H and O–H groups in total. The second-order valence-electron chi connectivity index (χ2n) is 8.28. The van der Waals surface area contributed by atoms with Gasteiger partial charge in [-0.3, -0.25) is 19.7 Å². The first kappa shape index (κ1) is 24.1. The van der Waals surface area contributed by atoms with Crippen LogP contribution in [0.2, 0.25) is 0 Å². The molecule has 1 aromatic heterocycles. The van der Waals surface area contributed by atoms with Gasteiger partial charge in [0.15, 0.2) is 0 Å². The van der Waals surface area contributed by atoms with Crippen LogP contribution in [-0.4, -0.2) is 50.2 Å². The highest BCUT2D eigenvalue weighted by molar-refractivity contribution is 5.97. The fourth-order valence-corrected chi connectivity index (χ4v) is 3.36. The summed E-state index contributed by atoms with van der Waals surface area (Å²) in [5.41, 5.74) is 1.07. The number of aryl methyl sites for hydroxylation is 1. The second kappa shape index (κ2) is 10.7. The average Bonchev–Trinajstić information content (AvgIpc) is 3.14. The summed E-state index contributed by atoms with van der Waals surface area (Å²) in [6.07, 6.45) is 2.60. The smallest absolute Gasteiger partial charge is 0.270 e. The number of hydrogen-bond acceptors (Lipinski definition) is 4. The van der Waals surface area contributed by atoms with E-state index < -0.39 is 4.92 Å². The van der Waals surface area contributed by atoms with Crippen molar-refractivity contribution in [3.63, 3.8) is 0 Å². The molecule has 2 amide bonds. The van der Waals surface area contributed by atoms with Gasteiger partial charge in [-0.05, 0) is 37.5 Å². The zero-order valence-corrected chi connectivity index (χ0v) is 18.9. The Morgan fingerprint density at radius 3 is 2.42 bits per heavy atom. The van der Waals surface area contributed by atoms with Crippen molar-refractivity contribution in [2.75, 3.05) is 13.1 Å². The van der Waals surface area contributed by atoms with Crippen molar-refractivity contribution in [3.8, 4) is 0 Å². The predicted molar refractivity (Wildman–Crippen MR) is 120 cm³/mol. The van der Waals surface area contributed by atoms with Crippen LogP contribution in [0, 0.1) is 16.0 Å². The fourth-order valence-electron chi connectivity index (χ4n) is 3.36. The van der Waals surface area contributed by atoms with E-state index in [1.807, 2.05) is 57.6 Å². The molecule has 0 aliphatic heterocycles. The number of carbonyl (C=O) groups is 2. The highest BCUT2D eigenvalue weighted by Gasteiger charge is 2.27. The summed E-state index contributed by atoms with van der Waals surface area (Å²) in [5.74, 6) is -0.252. The summed E-state index contributed by atoms with van der Waals surface area (Å²) in [6, 6.07) is 9.36. The van der Waals surface area contributed by atoms with Crippen molar-refractivity contribution in [2.45, 2.75) is 46.7 Å². The van der Waals surface area contributed by atoms with Gasteiger partial charge < -0.3 is 14.4 Å². The van der Waals surface area contributed by atoms with E-state index in [2.05, 4.69) is 0 Å². The topological polar surface area (TPSA) is 88.7 Å². The molecule has 31 heavy (non-hydrogen) atoms. The Hall–Kier alpha value is -3.16. The van der Waals surface area contributed by atoms with Gasteiger partial charge in [0.2, 0.25) is 5.91 Å². The normalized spacial score (nSPS) is 11.9. The highest BCUT2D eigenvalue weighted by atomic mass is 16.6. The van der Waals surface area contributed by atoms with E-state index in [1.165, 1.54) is 23.1 Å². The fraction of sp³-hybridized carbons (Fsp3) is 0.478. The Bertz CT molecular complexity index is 922. The van der Waals surface area contributed by atoms with Gasteiger partial charge in [0.25, 0.3) is 11.6 Å². The van der Waals surface area contributed by atoms with Crippen molar-refractivity contribution < 1.29 is 14.5 Å². The third-order valence-corrected chi connectivity index (χ3v) is 5.34. The third-order valence-electron chi connectivity index (χ3n) is 5.34. The quantitative estimate of drug-likeness (QED) is 0.425. The van der Waals surface area contributed by atoms with Crippen LogP contribution in [0.4, 0.5) is 5.69 Å². The molecule has 0 saturated carbocycles. The first-order valence-electron chi connectivity index (χ1n) is 10.6. The van der Waals surface area contributed by atoms with Crippen LogP contribution >= 0.6 is 0 Å². The van der Waals surface area contributed by atoms with Crippen molar-refractivity contribution in [1.29, 1.82) is 0 Å². The Balaban J connectivity index is 2.27. The number of benzene rings is 1. The molecule has 0 aliphatic carbocycles. The first-order valence-corrected chi connectivity index (χ1v) is 10.6. The Labute approximate surface area is 183 Å². The molecule has 1 aromatic carbocycles. The van der Waals surface area contributed by atoms with Gasteiger partial charge in [0, 0.05) is 49.2 Å². The molecular weight excluding hydrogens is 396 g/mol. The van der Waals surface area contributed by atoms with Crippen LogP contribution in [-0.2, 0) is 18.4 Å². The van der Waals surface area contributed by atoms with Crippen LogP contribution < -0.4 is 0 Å². The summed E-state index contributed by atoms with van der Waals surface area (Å²) in [7, 11) is 1.94. The van der Waals surface area contributed by atoms with E-state index in [-0.39, 0.29) is 41.6 Å². The molecule has 8 heteroatoms. The molecule has 0 spiro atoms. The number of hydrogen-bond donors (Lipinski definition) is 0. The first-order chi connectivity index (χ1) is 14.6. The lowest BCUT2D eigenvalue weighted by Crippen LogP contribution is -2.47. The minimum atomic E-state index is -0.528. The molecular formula is C23H32N4O4. The van der Waals surface area contributed by atoms with E-state index in [1.54, 1.807) is 11.0 Å². The van der Waals surface area contributed by atoms with E-state index in [9.17, 15) is 19.7 Å². The van der Waals surface area contributed by atoms with Crippen molar-refractivity contribution in [2.24, 2.45) is 13.0 Å². The largest absolute Gasteiger partial charge is 0.353 e. The number of amides is 2. The number of nitro groups is 1. The molecule has 0 fully saturated rings. The molecule has 8 nitrogen and oxygen atoms in total. The van der Waals surface area contributed by atoms with Gasteiger partial charge in [-0.2, -0.15) is 0 Å². The number of aromatic nitrogens is 1. The van der Waals surface area contributed by atoms with Crippen LogP contribution in [0.25, 0.3) is 0 Å². The van der Waals surface area contributed by atoms with E-state index in [0.29, 0.717) is 19.5 Å². The van der Waals surface area contributed by atoms with Crippen LogP contribution in [0.3, 0.4) is 0 Å². The summed E-state index contributed by atoms with van der Waals surface area (Å²) in [6.45, 7) is 8.88. The van der Waals surface area contributed by atoms with Crippen LogP contribution in [0.15, 0.2) is 42.6 Å². The summed E-state index contributed by atoms with van der Waals surface area (Å²) < 4.78 is 1.97. The number of carbonyl (C=O) groups excluding carboxylic acids is 2. The zero-order chi connectivity index (χ0) is 23.1. The Kier molecular flexibility index (Phi) is 8.36. The lowest BCUT2D eigenvalue weighted by atomic mass is 10.1. The Morgan fingerprint density at radius 1 is 1.16 bits per heavy atom. The van der Waals surface area contributed by atoms with E-state index in [4.69, 9.17) is 0 Å². The van der Waals surface area contributed by atoms with Crippen molar-refractivity contribution >= 4 is 17.5 Å². The third kappa shape index (κ3) is 6.41. The molecule has 0 radical (unpaired) electrons. The average molecular weight is 429 g/mol. The maximum Gasteiger partial charge on any atom is 0.270 e. The van der Waals surface area contributed by atoms with Gasteiger partial charge in [0.05, 0.1) is 11.5 Å². The van der Waals surface area contributed by atoms with Crippen molar-refractivity contribution in [1.82, 2.24) is 14.4 Å². The molecule has 0 aliphatic rings. The molecule has 2 rings (SSSR count). The number of rotatable bonds is 10. The summed E-state index contributed by atoms with van der Waals surface area (Å²) in [4.78, 5) is 40.3. The maximum atomic E-state index is 13.3. The minimum Gasteiger partial charge on any atom is -0.353 e. The molecule has 1 atom stereocenters. The van der Waals surface area contributed by atoms with Gasteiger partial charge in [-0.15, -0.1) is 0 Å². The van der Waals surface area contributed by atoms with Gasteiger partial charge >= 0.3 is 0 Å². The maximum absolute atomic E-state index is 13.3. The predicted octanol–water partition coefficient (Wildman–Crippen LogP) is 3.86. The lowest BCUT2D eigenvalue weighted by molar-refractivity contribution is -0.384. The van der Waals surface area contributed by atoms with E-state index >= 15 is 0 Å². The minimum absolute atomic E-state index is 0.0757. The van der Waals surface area contributed by atoms with Gasteiger partial charge in [-0.1, -0.05) is 26.8 Å². The lowest BCUT2D eigenvalue weighted by Gasteiger charge is -2.32. The molecule has 2 aromatic rings. The highest BCUT2D eigenvalue weighted by Crippen LogP contribution is 2.18. The van der Waals surface area contributed by atoms with Crippen LogP contribution in [0.1, 0.15) is 50.2 Å². The molecule has 0 unspecified atom stereocenters. The SMILES string of the molecule is CC[C@H](C)N(CC(=O)N(Cc1cccn1C)CC(C)C)C(=O)c1cccc([N+](=O)[O-])c1. The summed E-state index contributed by atoms with van der Waals surface area (Å²) in [5, 5.41) is 11.1. The molecule has 168 valence electrons. The standard InChI is InChI=1S/C23H32N4O4/c1-6-18(4)26(23(29)19-9-7-10-20(13-19)27(30)31)16-22(28)25(14-17(2)3)15-21-11-8-12-24(21)5/h7-13,17-18H,6,14-16H2,1-5H3/t18-/m0/s1. The Morgan fingerprint density at radius 2 is 1.87 bits per heavy atom. The van der Waals surface area contributed by atoms with Crippen molar-refractivity contribution in [3.05, 3.63) is 64.0 Å². The monoisotopic (exact) mass is 428 g/mol. The molecule has 0 saturated heterocycles.